The van der Waals surface area contributed by atoms with Crippen LogP contribution in [0.25, 0.3) is 0 Å². The van der Waals surface area contributed by atoms with Gasteiger partial charge in [0.1, 0.15) is 5.75 Å². The molecule has 0 heterocycles. The maximum Gasteiger partial charge on any atom is 0.251 e. The van der Waals surface area contributed by atoms with Crippen LogP contribution in [-0.4, -0.2) is 22.4 Å². The maximum atomic E-state index is 12.0. The first kappa shape index (κ1) is 14.0. The number of hydrogen-bond donors (Lipinski definition) is 2. The molecular weight excluding hydrogens is 282 g/mol. The Labute approximate surface area is 110 Å². The molecule has 1 aromatic carbocycles. The lowest BCUT2D eigenvalue weighted by molar-refractivity contribution is 0.0930. The Hall–Kier alpha value is -1.03. The highest BCUT2D eigenvalue weighted by molar-refractivity contribution is 9.09. The van der Waals surface area contributed by atoms with E-state index < -0.39 is 0 Å². The number of aromatic hydroxyl groups is 1. The molecule has 0 bridgehead atoms. The van der Waals surface area contributed by atoms with Gasteiger partial charge < -0.3 is 10.4 Å². The summed E-state index contributed by atoms with van der Waals surface area (Å²) in [6.07, 6.45) is 0. The number of phenolic OH excluding ortho intramolecular Hbond substituents is 1. The fourth-order valence-electron chi connectivity index (χ4n) is 1.50. The van der Waals surface area contributed by atoms with Crippen molar-refractivity contribution < 1.29 is 9.90 Å². The average Bonchev–Trinajstić information content (AvgIpc) is 2.28. The van der Waals surface area contributed by atoms with E-state index in [1.54, 1.807) is 25.1 Å². The summed E-state index contributed by atoms with van der Waals surface area (Å²) in [7, 11) is 0. The number of halogens is 1. The van der Waals surface area contributed by atoms with Crippen LogP contribution in [-0.2, 0) is 0 Å². The van der Waals surface area contributed by atoms with Gasteiger partial charge >= 0.3 is 0 Å². The molecule has 1 rings (SSSR count). The smallest absolute Gasteiger partial charge is 0.251 e. The highest BCUT2D eigenvalue weighted by atomic mass is 79.9. The molecule has 0 aromatic heterocycles. The topological polar surface area (TPSA) is 49.3 Å². The number of rotatable bonds is 4. The summed E-state index contributed by atoms with van der Waals surface area (Å²) in [4.78, 5) is 12.0. The van der Waals surface area contributed by atoms with E-state index in [0.717, 1.165) is 0 Å². The lowest BCUT2D eigenvalue weighted by atomic mass is 10.0. The molecule has 0 aliphatic heterocycles. The second-order valence-corrected chi connectivity index (χ2v) is 5.08. The molecule has 0 aliphatic rings. The molecule has 0 saturated carbocycles. The van der Waals surface area contributed by atoms with Crippen molar-refractivity contribution in [3.05, 3.63) is 29.3 Å². The van der Waals surface area contributed by atoms with Crippen molar-refractivity contribution >= 4 is 21.8 Å². The molecule has 17 heavy (non-hydrogen) atoms. The van der Waals surface area contributed by atoms with Crippen molar-refractivity contribution in [3.8, 4) is 5.75 Å². The first-order chi connectivity index (χ1) is 7.97. The van der Waals surface area contributed by atoms with E-state index in [1.807, 2.05) is 0 Å². The lowest BCUT2D eigenvalue weighted by Crippen LogP contribution is -2.40. The molecule has 0 radical (unpaired) electrons. The van der Waals surface area contributed by atoms with Crippen molar-refractivity contribution in [2.75, 3.05) is 5.33 Å². The van der Waals surface area contributed by atoms with E-state index in [9.17, 15) is 9.90 Å². The van der Waals surface area contributed by atoms with E-state index in [1.165, 1.54) is 0 Å². The van der Waals surface area contributed by atoms with E-state index >= 15 is 0 Å². The van der Waals surface area contributed by atoms with Gasteiger partial charge in [-0.3, -0.25) is 4.79 Å². The van der Waals surface area contributed by atoms with E-state index in [2.05, 4.69) is 35.1 Å². The van der Waals surface area contributed by atoms with Crippen molar-refractivity contribution in [1.29, 1.82) is 0 Å². The zero-order chi connectivity index (χ0) is 13.0. The monoisotopic (exact) mass is 299 g/mol. The number of benzene rings is 1. The number of alkyl halides is 1. The van der Waals surface area contributed by atoms with Gasteiger partial charge in [-0.1, -0.05) is 35.8 Å². The molecule has 1 atom stereocenters. The van der Waals surface area contributed by atoms with Crippen LogP contribution in [0.3, 0.4) is 0 Å². The fraction of sp³-hybridized carbons (Fsp3) is 0.462. The standard InChI is InChI=1S/C13H18BrNO2/c1-8(2)11(7-14)15-13(17)10-5-4-6-12(16)9(10)3/h4-6,8,11,16H,7H2,1-3H3,(H,15,17). The Morgan fingerprint density at radius 1 is 1.47 bits per heavy atom. The van der Waals surface area contributed by atoms with Gasteiger partial charge in [0.25, 0.3) is 5.91 Å². The van der Waals surface area contributed by atoms with E-state index in [4.69, 9.17) is 0 Å². The second-order valence-electron chi connectivity index (χ2n) is 4.43. The van der Waals surface area contributed by atoms with Gasteiger partial charge in [-0.25, -0.2) is 0 Å². The van der Waals surface area contributed by atoms with Crippen molar-refractivity contribution in [1.82, 2.24) is 5.32 Å². The zero-order valence-electron chi connectivity index (χ0n) is 10.3. The number of carbonyl (C=O) groups excluding carboxylic acids is 1. The molecule has 2 N–H and O–H groups in total. The predicted octanol–water partition coefficient (Wildman–Crippen LogP) is 2.85. The Morgan fingerprint density at radius 2 is 2.12 bits per heavy atom. The molecule has 1 amide bonds. The lowest BCUT2D eigenvalue weighted by Gasteiger charge is -2.20. The van der Waals surface area contributed by atoms with Crippen LogP contribution in [0.4, 0.5) is 0 Å². The number of nitrogens with one attached hydrogen (secondary N) is 1. The molecule has 0 aliphatic carbocycles. The Kier molecular flexibility index (Phi) is 5.00. The highest BCUT2D eigenvalue weighted by Gasteiger charge is 2.17. The van der Waals surface area contributed by atoms with Gasteiger partial charge in [-0.2, -0.15) is 0 Å². The van der Waals surface area contributed by atoms with E-state index in [0.29, 0.717) is 22.4 Å². The van der Waals surface area contributed by atoms with E-state index in [-0.39, 0.29) is 17.7 Å². The molecule has 0 spiro atoms. The first-order valence-corrected chi connectivity index (χ1v) is 6.75. The highest BCUT2D eigenvalue weighted by Crippen LogP contribution is 2.19. The van der Waals surface area contributed by atoms with Crippen LogP contribution < -0.4 is 5.32 Å². The van der Waals surface area contributed by atoms with Gasteiger partial charge in [0.15, 0.2) is 0 Å². The van der Waals surface area contributed by atoms with Crippen LogP contribution in [0.1, 0.15) is 29.8 Å². The SMILES string of the molecule is Cc1c(O)cccc1C(=O)NC(CBr)C(C)C. The van der Waals surface area contributed by atoms with Crippen LogP contribution in [0.2, 0.25) is 0 Å². The third-order valence-corrected chi connectivity index (χ3v) is 3.53. The average molecular weight is 300 g/mol. The van der Waals surface area contributed by atoms with Crippen molar-refractivity contribution in [2.45, 2.75) is 26.8 Å². The van der Waals surface area contributed by atoms with Gasteiger partial charge in [0.2, 0.25) is 0 Å². The fourth-order valence-corrected chi connectivity index (χ4v) is 2.41. The first-order valence-electron chi connectivity index (χ1n) is 5.62. The molecule has 1 aromatic rings. The molecule has 94 valence electrons. The van der Waals surface area contributed by atoms with Crippen LogP contribution >= 0.6 is 15.9 Å². The Balaban J connectivity index is 2.86. The second kappa shape index (κ2) is 6.05. The minimum absolute atomic E-state index is 0.0873. The normalized spacial score (nSPS) is 12.5. The summed E-state index contributed by atoms with van der Waals surface area (Å²) in [5.74, 6) is 0.366. The summed E-state index contributed by atoms with van der Waals surface area (Å²) < 4.78 is 0. The number of phenols is 1. The number of hydrogen-bond acceptors (Lipinski definition) is 2. The Morgan fingerprint density at radius 3 is 2.65 bits per heavy atom. The summed E-state index contributed by atoms with van der Waals surface area (Å²) in [6.45, 7) is 5.85. The molecule has 0 fully saturated rings. The molecule has 1 unspecified atom stereocenters. The third kappa shape index (κ3) is 3.46. The number of carbonyl (C=O) groups is 1. The summed E-state index contributed by atoms with van der Waals surface area (Å²) in [5, 5.41) is 13.2. The van der Waals surface area contributed by atoms with Crippen LogP contribution in [0, 0.1) is 12.8 Å². The van der Waals surface area contributed by atoms with Crippen LogP contribution in [0.5, 0.6) is 5.75 Å². The van der Waals surface area contributed by atoms with Gasteiger partial charge in [-0.05, 0) is 25.0 Å². The summed E-state index contributed by atoms with van der Waals surface area (Å²) in [5.41, 5.74) is 1.14. The minimum atomic E-state index is -0.142. The predicted molar refractivity (Wildman–Crippen MR) is 72.7 cm³/mol. The minimum Gasteiger partial charge on any atom is -0.508 e. The Bertz CT molecular complexity index is 404. The summed E-state index contributed by atoms with van der Waals surface area (Å²) in [6, 6.07) is 5.06. The number of amides is 1. The van der Waals surface area contributed by atoms with Crippen molar-refractivity contribution in [3.63, 3.8) is 0 Å². The van der Waals surface area contributed by atoms with Gasteiger partial charge in [0.05, 0.1) is 0 Å². The van der Waals surface area contributed by atoms with Gasteiger partial charge in [-0.15, -0.1) is 0 Å². The molecule has 4 heteroatoms. The maximum absolute atomic E-state index is 12.0. The zero-order valence-corrected chi connectivity index (χ0v) is 11.9. The molecular formula is C13H18BrNO2. The van der Waals surface area contributed by atoms with Crippen LogP contribution in [0.15, 0.2) is 18.2 Å². The largest absolute Gasteiger partial charge is 0.508 e. The summed E-state index contributed by atoms with van der Waals surface area (Å²) >= 11 is 3.39. The molecule has 3 nitrogen and oxygen atoms in total. The van der Waals surface area contributed by atoms with Gasteiger partial charge in [0, 0.05) is 22.5 Å². The molecule has 0 saturated heterocycles. The quantitative estimate of drug-likeness (QED) is 0.840. The van der Waals surface area contributed by atoms with Crippen molar-refractivity contribution in [2.24, 2.45) is 5.92 Å². The third-order valence-electron chi connectivity index (χ3n) is 2.84.